The van der Waals surface area contributed by atoms with Gasteiger partial charge >= 0.3 is 5.97 Å². The average Bonchev–Trinajstić information content (AvgIpc) is 3.21. The Kier molecular flexibility index (Phi) is 3.36. The highest BCUT2D eigenvalue weighted by Crippen LogP contribution is 2.43. The van der Waals surface area contributed by atoms with Crippen molar-refractivity contribution in [2.75, 3.05) is 31.1 Å². The predicted molar refractivity (Wildman–Crippen MR) is 97.4 cm³/mol. The number of aromatic carboxylic acids is 1. The summed E-state index contributed by atoms with van der Waals surface area (Å²) in [5.74, 6) is -1.57. The van der Waals surface area contributed by atoms with Crippen LogP contribution in [-0.4, -0.2) is 47.9 Å². The molecule has 1 aromatic heterocycles. The summed E-state index contributed by atoms with van der Waals surface area (Å²) in [5.41, 5.74) is 0.964. The van der Waals surface area contributed by atoms with Crippen LogP contribution < -0.4 is 20.4 Å². The van der Waals surface area contributed by atoms with Crippen LogP contribution in [0, 0.1) is 5.82 Å². The summed E-state index contributed by atoms with van der Waals surface area (Å²) >= 11 is 0. The van der Waals surface area contributed by atoms with Crippen LogP contribution in [0.2, 0.25) is 0 Å². The molecule has 2 N–H and O–H groups in total. The van der Waals surface area contributed by atoms with Crippen LogP contribution in [0.15, 0.2) is 28.7 Å². The highest BCUT2D eigenvalue weighted by molar-refractivity contribution is 5.97. The van der Waals surface area contributed by atoms with Crippen molar-refractivity contribution >= 4 is 22.6 Å². The van der Waals surface area contributed by atoms with Gasteiger partial charge in [-0.25, -0.2) is 9.18 Å². The highest BCUT2D eigenvalue weighted by Gasteiger charge is 2.35. The number of carboxylic acids is 1. The standard InChI is InChI=1S/C19H18FN3O4/c1-9-8-27-18-15-11(17(24)12(19(25)26)6-23(9)15)4-13(20)16(18)22-5-10-2-3-21-14(10)7-22/h2,4,6,9,14,21H,3,5,7-8H2,1H3,(H,25,26)/t9-,14-/m1/s1. The molecule has 0 amide bonds. The maximum Gasteiger partial charge on any atom is 0.341 e. The number of carboxylic acid groups (broad SMARTS) is 1. The van der Waals surface area contributed by atoms with E-state index in [1.165, 1.54) is 11.8 Å². The van der Waals surface area contributed by atoms with Crippen LogP contribution in [0.5, 0.6) is 5.75 Å². The Morgan fingerprint density at radius 3 is 3.00 bits per heavy atom. The highest BCUT2D eigenvalue weighted by atomic mass is 19.1. The fraction of sp³-hybridized carbons (Fsp3) is 0.368. The normalized spacial score (nSPS) is 23.3. The van der Waals surface area contributed by atoms with E-state index in [2.05, 4.69) is 11.4 Å². The molecular weight excluding hydrogens is 353 g/mol. The number of carbonyl (C=O) groups is 1. The van der Waals surface area contributed by atoms with Gasteiger partial charge in [-0.2, -0.15) is 0 Å². The van der Waals surface area contributed by atoms with Crippen molar-refractivity contribution in [3.05, 3.63) is 45.5 Å². The lowest BCUT2D eigenvalue weighted by Gasteiger charge is -2.31. The second-order valence-corrected chi connectivity index (χ2v) is 7.30. The van der Waals surface area contributed by atoms with E-state index in [0.717, 1.165) is 12.6 Å². The van der Waals surface area contributed by atoms with Crippen molar-refractivity contribution in [3.8, 4) is 5.75 Å². The Balaban J connectivity index is 1.78. The third-order valence-electron chi connectivity index (χ3n) is 5.64. The number of hydrogen-bond donors (Lipinski definition) is 2. The summed E-state index contributed by atoms with van der Waals surface area (Å²) < 4.78 is 22.7. The first-order chi connectivity index (χ1) is 13.0. The van der Waals surface area contributed by atoms with Crippen LogP contribution in [0.4, 0.5) is 10.1 Å². The first kappa shape index (κ1) is 16.3. The first-order valence-electron chi connectivity index (χ1n) is 8.90. The number of nitrogens with zero attached hydrogens (tertiary/aromatic N) is 2. The Hall–Kier alpha value is -2.87. The summed E-state index contributed by atoms with van der Waals surface area (Å²) in [6.07, 6.45) is 3.46. The summed E-state index contributed by atoms with van der Waals surface area (Å²) in [6.45, 7) is 4.20. The van der Waals surface area contributed by atoms with Crippen molar-refractivity contribution in [3.63, 3.8) is 0 Å². The Morgan fingerprint density at radius 1 is 1.44 bits per heavy atom. The fourth-order valence-corrected chi connectivity index (χ4v) is 4.30. The van der Waals surface area contributed by atoms with E-state index in [-0.39, 0.29) is 29.6 Å². The van der Waals surface area contributed by atoms with Gasteiger partial charge in [-0.1, -0.05) is 6.08 Å². The van der Waals surface area contributed by atoms with Gasteiger partial charge in [0.15, 0.2) is 11.6 Å². The predicted octanol–water partition coefficient (Wildman–Crippen LogP) is 1.51. The zero-order chi connectivity index (χ0) is 18.9. The smallest absolute Gasteiger partial charge is 0.341 e. The summed E-state index contributed by atoms with van der Waals surface area (Å²) in [7, 11) is 0. The number of pyridine rings is 1. The molecule has 5 rings (SSSR count). The lowest BCUT2D eigenvalue weighted by atomic mass is 10.1. The molecule has 1 fully saturated rings. The number of aromatic nitrogens is 1. The minimum Gasteiger partial charge on any atom is -0.487 e. The number of hydrogen-bond acceptors (Lipinski definition) is 5. The molecule has 2 aromatic rings. The lowest BCUT2D eigenvalue weighted by molar-refractivity contribution is 0.0694. The molecule has 3 aliphatic heterocycles. The Labute approximate surface area is 153 Å². The van der Waals surface area contributed by atoms with Gasteiger partial charge < -0.3 is 24.6 Å². The molecular formula is C19H18FN3O4. The first-order valence-corrected chi connectivity index (χ1v) is 8.90. The molecule has 8 heteroatoms. The molecule has 0 unspecified atom stereocenters. The molecule has 4 heterocycles. The van der Waals surface area contributed by atoms with Gasteiger partial charge in [0.05, 0.1) is 16.9 Å². The van der Waals surface area contributed by atoms with Crippen LogP contribution in [0.25, 0.3) is 10.9 Å². The molecule has 0 spiro atoms. The summed E-state index contributed by atoms with van der Waals surface area (Å²) in [6, 6.07) is 1.18. The Bertz CT molecular complexity index is 1090. The maximum atomic E-state index is 15.1. The minimum absolute atomic E-state index is 0.0365. The van der Waals surface area contributed by atoms with Crippen LogP contribution in [0.3, 0.4) is 0 Å². The second kappa shape index (κ2) is 5.56. The van der Waals surface area contributed by atoms with E-state index in [1.807, 2.05) is 11.8 Å². The molecule has 3 aliphatic rings. The third-order valence-corrected chi connectivity index (χ3v) is 5.64. The quantitative estimate of drug-likeness (QED) is 0.779. The molecule has 27 heavy (non-hydrogen) atoms. The van der Waals surface area contributed by atoms with Gasteiger partial charge in [0, 0.05) is 31.9 Å². The van der Waals surface area contributed by atoms with Gasteiger partial charge in [0.25, 0.3) is 0 Å². The largest absolute Gasteiger partial charge is 0.487 e. The molecule has 140 valence electrons. The minimum atomic E-state index is -1.32. The van der Waals surface area contributed by atoms with Gasteiger partial charge in [-0.3, -0.25) is 4.79 Å². The van der Waals surface area contributed by atoms with Crippen molar-refractivity contribution < 1.29 is 19.0 Å². The van der Waals surface area contributed by atoms with Gasteiger partial charge in [0.2, 0.25) is 5.43 Å². The molecule has 7 nitrogen and oxygen atoms in total. The molecule has 0 bridgehead atoms. The molecule has 0 aliphatic carbocycles. The molecule has 1 aromatic carbocycles. The van der Waals surface area contributed by atoms with Crippen molar-refractivity contribution in [1.82, 2.24) is 9.88 Å². The topological polar surface area (TPSA) is 83.8 Å². The van der Waals surface area contributed by atoms with Crippen LogP contribution in [0.1, 0.15) is 23.3 Å². The fourth-order valence-electron chi connectivity index (χ4n) is 4.30. The van der Waals surface area contributed by atoms with Gasteiger partial charge in [-0.05, 0) is 18.6 Å². The van der Waals surface area contributed by atoms with E-state index < -0.39 is 17.2 Å². The zero-order valence-electron chi connectivity index (χ0n) is 14.7. The third kappa shape index (κ3) is 2.22. The molecule has 0 saturated carbocycles. The summed E-state index contributed by atoms with van der Waals surface area (Å²) in [5, 5.41) is 12.7. The lowest BCUT2D eigenvalue weighted by Crippen LogP contribution is -2.32. The number of anilines is 1. The van der Waals surface area contributed by atoms with Crippen molar-refractivity contribution in [2.45, 2.75) is 19.0 Å². The second-order valence-electron chi connectivity index (χ2n) is 7.30. The van der Waals surface area contributed by atoms with Crippen LogP contribution >= 0.6 is 0 Å². The van der Waals surface area contributed by atoms with E-state index in [1.54, 1.807) is 4.57 Å². The van der Waals surface area contributed by atoms with Gasteiger partial charge in [-0.15, -0.1) is 0 Å². The van der Waals surface area contributed by atoms with E-state index in [4.69, 9.17) is 4.74 Å². The van der Waals surface area contributed by atoms with Crippen molar-refractivity contribution in [2.24, 2.45) is 0 Å². The number of benzene rings is 1. The van der Waals surface area contributed by atoms with Gasteiger partial charge in [0.1, 0.15) is 17.9 Å². The number of ether oxygens (including phenoxy) is 1. The number of nitrogens with one attached hydrogen (secondary N) is 1. The average molecular weight is 371 g/mol. The van der Waals surface area contributed by atoms with Crippen LogP contribution in [-0.2, 0) is 0 Å². The molecule has 2 atom stereocenters. The number of fused-ring (bicyclic) bond motifs is 1. The zero-order valence-corrected chi connectivity index (χ0v) is 14.7. The summed E-state index contributed by atoms with van der Waals surface area (Å²) in [4.78, 5) is 26.0. The van der Waals surface area contributed by atoms with E-state index >= 15 is 4.39 Å². The van der Waals surface area contributed by atoms with E-state index in [9.17, 15) is 14.7 Å². The number of halogens is 1. The Morgan fingerprint density at radius 2 is 2.26 bits per heavy atom. The monoisotopic (exact) mass is 371 g/mol. The van der Waals surface area contributed by atoms with E-state index in [0.29, 0.717) is 30.0 Å². The van der Waals surface area contributed by atoms with Crippen molar-refractivity contribution in [1.29, 1.82) is 0 Å². The molecule has 1 saturated heterocycles. The maximum absolute atomic E-state index is 15.1. The SMILES string of the molecule is C[C@@H]1COc2c(N3CC4=CCN[C@@H]4C3)c(F)cc3c(=O)c(C(=O)O)cn1c23. The number of rotatable bonds is 2. The molecule has 0 radical (unpaired) electrons.